The van der Waals surface area contributed by atoms with Gasteiger partial charge in [0.15, 0.2) is 0 Å². The Hall–Kier alpha value is -1.69. The Labute approximate surface area is 132 Å². The summed E-state index contributed by atoms with van der Waals surface area (Å²) in [6, 6.07) is 9.94. The van der Waals surface area contributed by atoms with Crippen molar-refractivity contribution in [3.8, 4) is 0 Å². The van der Waals surface area contributed by atoms with Gasteiger partial charge in [0.25, 0.3) is 0 Å². The SMILES string of the molecule is CCOC(=O)CC(N)(COC)COC/C=C/c1ccccc1. The number of nitrogens with two attached hydrogens (primary N) is 1. The Morgan fingerprint density at radius 3 is 2.64 bits per heavy atom. The molecule has 0 aliphatic rings. The van der Waals surface area contributed by atoms with Gasteiger partial charge in [0, 0.05) is 7.11 Å². The van der Waals surface area contributed by atoms with E-state index in [0.717, 1.165) is 5.56 Å². The molecular weight excluding hydrogens is 282 g/mol. The molecule has 0 heterocycles. The van der Waals surface area contributed by atoms with E-state index >= 15 is 0 Å². The van der Waals surface area contributed by atoms with Crippen molar-refractivity contribution in [2.45, 2.75) is 18.9 Å². The van der Waals surface area contributed by atoms with Crippen molar-refractivity contribution >= 4 is 12.0 Å². The van der Waals surface area contributed by atoms with Crippen LogP contribution in [0.1, 0.15) is 18.9 Å². The fourth-order valence-corrected chi connectivity index (χ4v) is 2.01. The third kappa shape index (κ3) is 7.36. The van der Waals surface area contributed by atoms with E-state index in [1.54, 1.807) is 14.0 Å². The maximum absolute atomic E-state index is 11.6. The fourth-order valence-electron chi connectivity index (χ4n) is 2.01. The molecule has 0 bridgehead atoms. The molecule has 22 heavy (non-hydrogen) atoms. The van der Waals surface area contributed by atoms with Crippen LogP contribution in [0.5, 0.6) is 0 Å². The quantitative estimate of drug-likeness (QED) is 0.529. The molecule has 0 saturated carbocycles. The van der Waals surface area contributed by atoms with Crippen molar-refractivity contribution in [1.82, 2.24) is 0 Å². The normalized spacial score (nSPS) is 14.0. The van der Waals surface area contributed by atoms with Gasteiger partial charge in [-0.1, -0.05) is 42.5 Å². The summed E-state index contributed by atoms with van der Waals surface area (Å²) in [5.74, 6) is -0.342. The molecular formula is C17H25NO4. The third-order valence-corrected chi connectivity index (χ3v) is 2.95. The summed E-state index contributed by atoms with van der Waals surface area (Å²) in [4.78, 5) is 11.6. The van der Waals surface area contributed by atoms with Crippen molar-refractivity contribution in [2.24, 2.45) is 5.73 Å². The first-order valence-electron chi connectivity index (χ1n) is 7.32. The minimum atomic E-state index is -0.873. The highest BCUT2D eigenvalue weighted by atomic mass is 16.5. The molecule has 0 radical (unpaired) electrons. The van der Waals surface area contributed by atoms with Gasteiger partial charge in [-0.2, -0.15) is 0 Å². The molecule has 5 heteroatoms. The van der Waals surface area contributed by atoms with E-state index in [2.05, 4.69) is 0 Å². The highest BCUT2D eigenvalue weighted by molar-refractivity contribution is 5.70. The topological polar surface area (TPSA) is 70.8 Å². The average Bonchev–Trinajstić information content (AvgIpc) is 2.48. The van der Waals surface area contributed by atoms with E-state index in [-0.39, 0.29) is 25.6 Å². The van der Waals surface area contributed by atoms with Gasteiger partial charge in [-0.25, -0.2) is 0 Å². The van der Waals surface area contributed by atoms with Gasteiger partial charge in [-0.15, -0.1) is 0 Å². The van der Waals surface area contributed by atoms with E-state index < -0.39 is 5.54 Å². The van der Waals surface area contributed by atoms with Crippen LogP contribution in [0.4, 0.5) is 0 Å². The van der Waals surface area contributed by atoms with Crippen LogP contribution in [0.3, 0.4) is 0 Å². The van der Waals surface area contributed by atoms with Crippen molar-refractivity contribution < 1.29 is 19.0 Å². The minimum absolute atomic E-state index is 0.0665. The zero-order valence-corrected chi connectivity index (χ0v) is 13.3. The minimum Gasteiger partial charge on any atom is -0.466 e. The van der Waals surface area contributed by atoms with Gasteiger partial charge in [-0.05, 0) is 12.5 Å². The lowest BCUT2D eigenvalue weighted by atomic mass is 9.99. The van der Waals surface area contributed by atoms with E-state index in [1.165, 1.54) is 0 Å². The highest BCUT2D eigenvalue weighted by Crippen LogP contribution is 2.10. The Kier molecular flexibility index (Phi) is 8.43. The molecule has 2 N–H and O–H groups in total. The summed E-state index contributed by atoms with van der Waals surface area (Å²) in [5.41, 5.74) is 6.39. The van der Waals surface area contributed by atoms with Crippen LogP contribution in [0.15, 0.2) is 36.4 Å². The molecule has 122 valence electrons. The molecule has 0 aliphatic carbocycles. The van der Waals surface area contributed by atoms with Crippen molar-refractivity contribution in [1.29, 1.82) is 0 Å². The number of rotatable bonds is 10. The second-order valence-electron chi connectivity index (χ2n) is 5.11. The largest absolute Gasteiger partial charge is 0.466 e. The number of hydrogen-bond donors (Lipinski definition) is 1. The van der Waals surface area contributed by atoms with Crippen molar-refractivity contribution in [3.05, 3.63) is 42.0 Å². The standard InChI is InChI=1S/C17H25NO4/c1-3-22-16(19)12-17(18,13-20-2)14-21-11-7-10-15-8-5-4-6-9-15/h4-10H,3,11-14,18H2,1-2H3/b10-7+. The predicted molar refractivity (Wildman–Crippen MR) is 86.3 cm³/mol. The van der Waals surface area contributed by atoms with Gasteiger partial charge in [0.1, 0.15) is 0 Å². The summed E-state index contributed by atoms with van der Waals surface area (Å²) in [6.45, 7) is 2.97. The molecule has 0 fully saturated rings. The fraction of sp³-hybridized carbons (Fsp3) is 0.471. The van der Waals surface area contributed by atoms with Gasteiger partial charge >= 0.3 is 5.97 Å². The van der Waals surface area contributed by atoms with Crippen molar-refractivity contribution in [3.63, 3.8) is 0 Å². The van der Waals surface area contributed by atoms with Crippen LogP contribution < -0.4 is 5.73 Å². The maximum Gasteiger partial charge on any atom is 0.307 e. The van der Waals surface area contributed by atoms with Crippen LogP contribution in [0.2, 0.25) is 0 Å². The predicted octanol–water partition coefficient (Wildman–Crippen LogP) is 2.01. The van der Waals surface area contributed by atoms with Gasteiger partial charge in [-0.3, -0.25) is 4.79 Å². The first-order valence-corrected chi connectivity index (χ1v) is 7.32. The zero-order chi connectivity index (χ0) is 16.3. The highest BCUT2D eigenvalue weighted by Gasteiger charge is 2.29. The Morgan fingerprint density at radius 2 is 2.00 bits per heavy atom. The van der Waals surface area contributed by atoms with Crippen molar-refractivity contribution in [2.75, 3.05) is 33.5 Å². The summed E-state index contributed by atoms with van der Waals surface area (Å²) >= 11 is 0. The lowest BCUT2D eigenvalue weighted by molar-refractivity contribution is -0.145. The number of hydrogen-bond acceptors (Lipinski definition) is 5. The summed E-state index contributed by atoms with van der Waals surface area (Å²) in [5, 5.41) is 0. The van der Waals surface area contributed by atoms with E-state index in [0.29, 0.717) is 13.2 Å². The molecule has 0 aromatic heterocycles. The summed E-state index contributed by atoms with van der Waals surface area (Å²) < 4.78 is 15.6. The molecule has 1 rings (SSSR count). The Morgan fingerprint density at radius 1 is 1.27 bits per heavy atom. The zero-order valence-electron chi connectivity index (χ0n) is 13.3. The maximum atomic E-state index is 11.6. The second-order valence-corrected chi connectivity index (χ2v) is 5.11. The number of carbonyl (C=O) groups is 1. The van der Waals surface area contributed by atoms with Crippen LogP contribution in [0, 0.1) is 0 Å². The second kappa shape index (κ2) is 10.1. The molecule has 0 spiro atoms. The monoisotopic (exact) mass is 307 g/mol. The number of esters is 1. The number of ether oxygens (including phenoxy) is 3. The number of carbonyl (C=O) groups excluding carboxylic acids is 1. The van der Waals surface area contributed by atoms with Crippen LogP contribution in [-0.2, 0) is 19.0 Å². The van der Waals surface area contributed by atoms with Gasteiger partial charge < -0.3 is 19.9 Å². The Bertz CT molecular complexity index is 461. The molecule has 0 saturated heterocycles. The van der Waals surface area contributed by atoms with E-state index in [1.807, 2.05) is 42.5 Å². The number of benzene rings is 1. The van der Waals surface area contributed by atoms with E-state index in [4.69, 9.17) is 19.9 Å². The smallest absolute Gasteiger partial charge is 0.307 e. The average molecular weight is 307 g/mol. The molecule has 1 atom stereocenters. The first kappa shape index (κ1) is 18.4. The first-order chi connectivity index (χ1) is 10.6. The lowest BCUT2D eigenvalue weighted by Gasteiger charge is -2.27. The van der Waals surface area contributed by atoms with Gasteiger partial charge in [0.05, 0.1) is 38.4 Å². The van der Waals surface area contributed by atoms with Crippen LogP contribution in [0.25, 0.3) is 6.08 Å². The molecule has 5 nitrogen and oxygen atoms in total. The summed E-state index contributed by atoms with van der Waals surface area (Å²) in [6.07, 6.45) is 3.95. The van der Waals surface area contributed by atoms with Crippen LogP contribution >= 0.6 is 0 Å². The molecule has 1 aromatic carbocycles. The molecule has 0 aliphatic heterocycles. The lowest BCUT2D eigenvalue weighted by Crippen LogP contribution is -2.50. The number of methoxy groups -OCH3 is 1. The van der Waals surface area contributed by atoms with E-state index in [9.17, 15) is 4.79 Å². The van der Waals surface area contributed by atoms with Crippen LogP contribution in [-0.4, -0.2) is 45.0 Å². The molecule has 1 aromatic rings. The molecule has 0 amide bonds. The Balaban J connectivity index is 2.40. The molecule has 1 unspecified atom stereocenters. The summed E-state index contributed by atoms with van der Waals surface area (Å²) in [7, 11) is 1.54. The van der Waals surface area contributed by atoms with Gasteiger partial charge in [0.2, 0.25) is 0 Å². The third-order valence-electron chi connectivity index (χ3n) is 2.95.